The molecule has 0 unspecified atom stereocenters. The van der Waals surface area contributed by atoms with Gasteiger partial charge in [-0.2, -0.15) is 0 Å². The van der Waals surface area contributed by atoms with Gasteiger partial charge in [-0.25, -0.2) is 0 Å². The van der Waals surface area contributed by atoms with Gasteiger partial charge in [-0.3, -0.25) is 14.5 Å². The second-order valence-electron chi connectivity index (χ2n) is 4.81. The van der Waals surface area contributed by atoms with Crippen LogP contribution in [0, 0.1) is 0 Å². The first-order valence-corrected chi connectivity index (χ1v) is 7.88. The Labute approximate surface area is 137 Å². The summed E-state index contributed by atoms with van der Waals surface area (Å²) in [5.74, 6) is -0.256. The summed E-state index contributed by atoms with van der Waals surface area (Å²) in [5.41, 5.74) is 1.77. The highest BCUT2D eigenvalue weighted by Crippen LogP contribution is 2.33. The number of carbonyl (C=O) groups is 2. The van der Waals surface area contributed by atoms with E-state index in [4.69, 9.17) is 11.6 Å². The number of imide groups is 1. The maximum absolute atomic E-state index is 12.4. The number of thioether (sulfide) groups is 1. The molecule has 110 valence electrons. The van der Waals surface area contributed by atoms with Crippen LogP contribution in [0.15, 0.2) is 59.5 Å². The van der Waals surface area contributed by atoms with Crippen LogP contribution in [0.25, 0.3) is 6.08 Å². The van der Waals surface area contributed by atoms with E-state index in [-0.39, 0.29) is 17.7 Å². The van der Waals surface area contributed by atoms with Crippen LogP contribution in [0.2, 0.25) is 5.02 Å². The standard InChI is InChI=1S/C17H12ClNO2S/c18-14-8-6-13(7-9-14)11-19-16(20)15(22-17(19)21)10-12-4-2-1-3-5-12/h1-10H,11H2/b15-10+. The van der Waals surface area contributed by atoms with E-state index >= 15 is 0 Å². The molecule has 0 saturated carbocycles. The molecule has 2 amide bonds. The third-order valence-electron chi connectivity index (χ3n) is 3.22. The number of hydrogen-bond donors (Lipinski definition) is 0. The molecule has 2 aromatic carbocycles. The maximum Gasteiger partial charge on any atom is 0.293 e. The first-order valence-electron chi connectivity index (χ1n) is 6.68. The normalized spacial score (nSPS) is 16.6. The Kier molecular flexibility index (Phi) is 4.32. The molecule has 0 N–H and O–H groups in total. The lowest BCUT2D eigenvalue weighted by molar-refractivity contribution is -0.123. The predicted molar refractivity (Wildman–Crippen MR) is 89.4 cm³/mol. The van der Waals surface area contributed by atoms with E-state index in [1.807, 2.05) is 42.5 Å². The number of nitrogens with zero attached hydrogens (tertiary/aromatic N) is 1. The maximum atomic E-state index is 12.4. The average Bonchev–Trinajstić information content (AvgIpc) is 2.78. The smallest absolute Gasteiger partial charge is 0.268 e. The number of hydrogen-bond acceptors (Lipinski definition) is 3. The van der Waals surface area contributed by atoms with E-state index in [1.165, 1.54) is 4.90 Å². The zero-order valence-electron chi connectivity index (χ0n) is 11.5. The summed E-state index contributed by atoms with van der Waals surface area (Å²) in [7, 11) is 0. The molecule has 1 saturated heterocycles. The number of amides is 2. The highest BCUT2D eigenvalue weighted by Gasteiger charge is 2.34. The van der Waals surface area contributed by atoms with Crippen LogP contribution < -0.4 is 0 Å². The minimum atomic E-state index is -0.256. The minimum absolute atomic E-state index is 0.248. The monoisotopic (exact) mass is 329 g/mol. The minimum Gasteiger partial charge on any atom is -0.268 e. The second-order valence-corrected chi connectivity index (χ2v) is 6.23. The largest absolute Gasteiger partial charge is 0.293 e. The molecule has 0 aromatic heterocycles. The molecule has 1 heterocycles. The first kappa shape index (κ1) is 14.9. The van der Waals surface area contributed by atoms with Crippen molar-refractivity contribution in [3.8, 4) is 0 Å². The Balaban J connectivity index is 1.80. The molecule has 3 rings (SSSR count). The van der Waals surface area contributed by atoms with Crippen molar-refractivity contribution in [1.82, 2.24) is 4.90 Å². The van der Waals surface area contributed by atoms with Crippen molar-refractivity contribution in [2.75, 3.05) is 0 Å². The van der Waals surface area contributed by atoms with Gasteiger partial charge in [-0.15, -0.1) is 0 Å². The van der Waals surface area contributed by atoms with Crippen molar-refractivity contribution in [1.29, 1.82) is 0 Å². The van der Waals surface area contributed by atoms with E-state index in [9.17, 15) is 9.59 Å². The van der Waals surface area contributed by atoms with E-state index in [0.29, 0.717) is 9.93 Å². The quantitative estimate of drug-likeness (QED) is 0.774. The van der Waals surface area contributed by atoms with Crippen molar-refractivity contribution in [3.63, 3.8) is 0 Å². The molecule has 0 bridgehead atoms. The van der Waals surface area contributed by atoms with Crippen molar-refractivity contribution in [2.24, 2.45) is 0 Å². The molecular weight excluding hydrogens is 318 g/mol. The van der Waals surface area contributed by atoms with Gasteiger partial charge in [0, 0.05) is 5.02 Å². The van der Waals surface area contributed by atoms with Gasteiger partial charge in [0.15, 0.2) is 0 Å². The van der Waals surface area contributed by atoms with Gasteiger partial charge in [-0.05, 0) is 41.1 Å². The summed E-state index contributed by atoms with van der Waals surface area (Å²) in [6, 6.07) is 16.6. The zero-order valence-corrected chi connectivity index (χ0v) is 13.1. The molecular formula is C17H12ClNO2S. The molecule has 1 aliphatic rings. The summed E-state index contributed by atoms with van der Waals surface area (Å²) in [6.45, 7) is 0.258. The molecule has 22 heavy (non-hydrogen) atoms. The van der Waals surface area contributed by atoms with Crippen LogP contribution in [0.4, 0.5) is 4.79 Å². The molecule has 2 aromatic rings. The summed E-state index contributed by atoms with van der Waals surface area (Å²) in [6.07, 6.45) is 1.74. The number of carbonyl (C=O) groups excluding carboxylic acids is 2. The number of rotatable bonds is 3. The lowest BCUT2D eigenvalue weighted by atomic mass is 10.2. The lowest BCUT2D eigenvalue weighted by Crippen LogP contribution is -2.27. The fourth-order valence-corrected chi connectivity index (χ4v) is 3.07. The van der Waals surface area contributed by atoms with Gasteiger partial charge in [0.1, 0.15) is 0 Å². The van der Waals surface area contributed by atoms with Gasteiger partial charge in [0.25, 0.3) is 11.1 Å². The van der Waals surface area contributed by atoms with Gasteiger partial charge in [0.05, 0.1) is 11.4 Å². The van der Waals surface area contributed by atoms with E-state index in [0.717, 1.165) is 22.9 Å². The Hall–Kier alpha value is -2.04. The molecule has 1 aliphatic heterocycles. The Morgan fingerprint density at radius 3 is 2.36 bits per heavy atom. The van der Waals surface area contributed by atoms with Gasteiger partial charge < -0.3 is 0 Å². The third kappa shape index (κ3) is 3.24. The van der Waals surface area contributed by atoms with Crippen LogP contribution in [-0.4, -0.2) is 16.0 Å². The Bertz CT molecular complexity index is 741. The van der Waals surface area contributed by atoms with Crippen molar-refractivity contribution in [3.05, 3.63) is 75.7 Å². The van der Waals surface area contributed by atoms with Gasteiger partial charge >= 0.3 is 0 Å². The molecule has 0 radical (unpaired) electrons. The Morgan fingerprint density at radius 2 is 1.68 bits per heavy atom. The average molecular weight is 330 g/mol. The predicted octanol–water partition coefficient (Wildman–Crippen LogP) is 4.58. The van der Waals surface area contributed by atoms with Crippen LogP contribution in [0.3, 0.4) is 0 Å². The number of benzene rings is 2. The number of halogens is 1. The van der Waals surface area contributed by atoms with E-state index in [2.05, 4.69) is 0 Å². The molecule has 0 atom stereocenters. The van der Waals surface area contributed by atoms with Crippen molar-refractivity contribution >= 4 is 40.6 Å². The molecule has 1 fully saturated rings. The topological polar surface area (TPSA) is 37.4 Å². The van der Waals surface area contributed by atoms with Crippen molar-refractivity contribution in [2.45, 2.75) is 6.54 Å². The zero-order chi connectivity index (χ0) is 15.5. The van der Waals surface area contributed by atoms with Gasteiger partial charge in [-0.1, -0.05) is 54.1 Å². The summed E-state index contributed by atoms with van der Waals surface area (Å²) in [5, 5.41) is 0.379. The first-order chi connectivity index (χ1) is 10.6. The van der Waals surface area contributed by atoms with Gasteiger partial charge in [0.2, 0.25) is 0 Å². The fraction of sp³-hybridized carbons (Fsp3) is 0.0588. The Morgan fingerprint density at radius 1 is 1.00 bits per heavy atom. The molecule has 3 nitrogen and oxygen atoms in total. The van der Waals surface area contributed by atoms with Crippen molar-refractivity contribution < 1.29 is 9.59 Å². The van der Waals surface area contributed by atoms with Crippen LogP contribution in [-0.2, 0) is 11.3 Å². The van der Waals surface area contributed by atoms with Crippen LogP contribution in [0.1, 0.15) is 11.1 Å². The van der Waals surface area contributed by atoms with E-state index in [1.54, 1.807) is 18.2 Å². The summed E-state index contributed by atoms with van der Waals surface area (Å²) >= 11 is 6.81. The SMILES string of the molecule is O=C1S/C(=C/c2ccccc2)C(=O)N1Cc1ccc(Cl)cc1. The van der Waals surface area contributed by atoms with Crippen LogP contribution in [0.5, 0.6) is 0 Å². The van der Waals surface area contributed by atoms with Crippen LogP contribution >= 0.6 is 23.4 Å². The summed E-state index contributed by atoms with van der Waals surface area (Å²) in [4.78, 5) is 26.1. The second kappa shape index (κ2) is 6.38. The molecule has 5 heteroatoms. The lowest BCUT2D eigenvalue weighted by Gasteiger charge is -2.12. The highest BCUT2D eigenvalue weighted by atomic mass is 35.5. The fourth-order valence-electron chi connectivity index (χ4n) is 2.11. The summed E-state index contributed by atoms with van der Waals surface area (Å²) < 4.78 is 0. The molecule has 0 spiro atoms. The molecule has 0 aliphatic carbocycles. The third-order valence-corrected chi connectivity index (χ3v) is 4.38. The highest BCUT2D eigenvalue weighted by molar-refractivity contribution is 8.18. The van der Waals surface area contributed by atoms with E-state index < -0.39 is 0 Å².